The molecule has 1 saturated heterocycles. The van der Waals surface area contributed by atoms with Crippen LogP contribution in [-0.4, -0.2) is 42.7 Å². The van der Waals surface area contributed by atoms with Gasteiger partial charge in [0.25, 0.3) is 0 Å². The molecule has 1 aliphatic heterocycles. The molecule has 1 aromatic rings. The van der Waals surface area contributed by atoms with Crippen LogP contribution in [0.5, 0.6) is 0 Å². The van der Waals surface area contributed by atoms with Gasteiger partial charge in [0.15, 0.2) is 0 Å². The molecule has 0 amide bonds. The molecule has 0 bridgehead atoms. The lowest BCUT2D eigenvalue weighted by molar-refractivity contribution is 0.581. The van der Waals surface area contributed by atoms with E-state index < -0.39 is 0 Å². The Balaban J connectivity index is 2.38. The maximum absolute atomic E-state index is 4.79. The van der Waals surface area contributed by atoms with Crippen LogP contribution in [0, 0.1) is 6.92 Å². The second-order valence-corrected chi connectivity index (χ2v) is 5.30. The smallest absolute Gasteiger partial charge is 0.137 e. The molecule has 1 aromatic heterocycles. The van der Waals surface area contributed by atoms with Crippen molar-refractivity contribution >= 4 is 11.6 Å². The fraction of sp³-hybridized carbons (Fsp3) is 0.714. The van der Waals surface area contributed by atoms with Crippen LogP contribution in [-0.2, 0) is 0 Å². The zero-order valence-electron chi connectivity index (χ0n) is 12.5. The average Bonchev–Trinajstić information content (AvgIpc) is 2.42. The van der Waals surface area contributed by atoms with Crippen molar-refractivity contribution in [2.75, 3.05) is 42.9 Å². The van der Waals surface area contributed by atoms with Crippen LogP contribution in [0.4, 0.5) is 11.6 Å². The first-order chi connectivity index (χ1) is 9.13. The Morgan fingerprint density at radius 3 is 2.53 bits per heavy atom. The van der Waals surface area contributed by atoms with Crippen molar-refractivity contribution < 1.29 is 0 Å². The molecule has 19 heavy (non-hydrogen) atoms. The lowest BCUT2D eigenvalue weighted by atomic mass is 10.2. The molecule has 0 saturated carbocycles. The second kappa shape index (κ2) is 6.19. The highest BCUT2D eigenvalue weighted by Gasteiger charge is 2.19. The molecule has 2 rings (SSSR count). The number of anilines is 2. The molecule has 0 atom stereocenters. The summed E-state index contributed by atoms with van der Waals surface area (Å²) in [6, 6.07) is 0. The summed E-state index contributed by atoms with van der Waals surface area (Å²) in [5, 5.41) is 6.74. The van der Waals surface area contributed by atoms with Gasteiger partial charge in [-0.15, -0.1) is 0 Å². The largest absolute Gasteiger partial charge is 0.370 e. The molecule has 106 valence electrons. The van der Waals surface area contributed by atoms with Gasteiger partial charge in [-0.2, -0.15) is 0 Å². The SMILES string of the molecule is CCNc1nc(C(C)C)nc(N2CCNCC2)c1C. The first-order valence-electron chi connectivity index (χ1n) is 7.21. The summed E-state index contributed by atoms with van der Waals surface area (Å²) in [6.45, 7) is 13.5. The second-order valence-electron chi connectivity index (χ2n) is 5.30. The lowest BCUT2D eigenvalue weighted by Gasteiger charge is -2.30. The van der Waals surface area contributed by atoms with E-state index in [1.807, 2.05) is 0 Å². The van der Waals surface area contributed by atoms with Crippen LogP contribution in [0.15, 0.2) is 0 Å². The van der Waals surface area contributed by atoms with Crippen molar-refractivity contribution in [3.05, 3.63) is 11.4 Å². The summed E-state index contributed by atoms with van der Waals surface area (Å²) in [6.07, 6.45) is 0. The maximum atomic E-state index is 4.79. The zero-order chi connectivity index (χ0) is 13.8. The van der Waals surface area contributed by atoms with E-state index in [1.165, 1.54) is 0 Å². The summed E-state index contributed by atoms with van der Waals surface area (Å²) in [7, 11) is 0. The van der Waals surface area contributed by atoms with Gasteiger partial charge in [-0.1, -0.05) is 13.8 Å². The molecular formula is C14H25N5. The third-order valence-corrected chi connectivity index (χ3v) is 3.41. The number of rotatable bonds is 4. The first kappa shape index (κ1) is 14.1. The molecule has 0 aromatic carbocycles. The van der Waals surface area contributed by atoms with Crippen molar-refractivity contribution in [2.45, 2.75) is 33.6 Å². The molecule has 0 aliphatic carbocycles. The van der Waals surface area contributed by atoms with E-state index in [2.05, 4.69) is 48.2 Å². The van der Waals surface area contributed by atoms with Gasteiger partial charge in [0, 0.05) is 44.2 Å². The van der Waals surface area contributed by atoms with E-state index in [1.54, 1.807) is 0 Å². The van der Waals surface area contributed by atoms with E-state index in [9.17, 15) is 0 Å². The molecule has 5 heteroatoms. The Kier molecular flexibility index (Phi) is 4.58. The van der Waals surface area contributed by atoms with Crippen molar-refractivity contribution in [1.82, 2.24) is 15.3 Å². The van der Waals surface area contributed by atoms with Crippen LogP contribution in [0.25, 0.3) is 0 Å². The van der Waals surface area contributed by atoms with Gasteiger partial charge < -0.3 is 15.5 Å². The van der Waals surface area contributed by atoms with E-state index in [0.29, 0.717) is 5.92 Å². The topological polar surface area (TPSA) is 53.1 Å². The molecule has 2 heterocycles. The molecule has 5 nitrogen and oxygen atoms in total. The predicted octanol–water partition coefficient (Wildman–Crippen LogP) is 1.75. The third kappa shape index (κ3) is 3.15. The van der Waals surface area contributed by atoms with Gasteiger partial charge in [0.1, 0.15) is 17.5 Å². The Morgan fingerprint density at radius 2 is 1.95 bits per heavy atom. The highest BCUT2D eigenvalue weighted by atomic mass is 15.2. The minimum absolute atomic E-state index is 0.347. The fourth-order valence-electron chi connectivity index (χ4n) is 2.30. The van der Waals surface area contributed by atoms with Gasteiger partial charge in [0.05, 0.1) is 0 Å². The third-order valence-electron chi connectivity index (χ3n) is 3.41. The minimum Gasteiger partial charge on any atom is -0.370 e. The van der Waals surface area contributed by atoms with Crippen LogP contribution in [0.3, 0.4) is 0 Å². The van der Waals surface area contributed by atoms with E-state index >= 15 is 0 Å². The first-order valence-corrected chi connectivity index (χ1v) is 7.21. The summed E-state index contributed by atoms with van der Waals surface area (Å²) >= 11 is 0. The average molecular weight is 263 g/mol. The molecule has 0 spiro atoms. The van der Waals surface area contributed by atoms with E-state index in [0.717, 1.165) is 55.7 Å². The Bertz CT molecular complexity index is 424. The zero-order valence-corrected chi connectivity index (χ0v) is 12.5. The Morgan fingerprint density at radius 1 is 1.26 bits per heavy atom. The van der Waals surface area contributed by atoms with Gasteiger partial charge in [-0.05, 0) is 13.8 Å². The van der Waals surface area contributed by atoms with Crippen molar-refractivity contribution in [3.8, 4) is 0 Å². The monoisotopic (exact) mass is 263 g/mol. The van der Waals surface area contributed by atoms with Gasteiger partial charge in [0.2, 0.25) is 0 Å². The Labute approximate surface area is 115 Å². The van der Waals surface area contributed by atoms with Gasteiger partial charge in [-0.25, -0.2) is 9.97 Å². The maximum Gasteiger partial charge on any atom is 0.137 e. The number of aromatic nitrogens is 2. The molecule has 2 N–H and O–H groups in total. The van der Waals surface area contributed by atoms with Gasteiger partial charge >= 0.3 is 0 Å². The standard InChI is InChI=1S/C14H25N5/c1-5-16-13-11(4)14(18-12(17-13)10(2)3)19-8-6-15-7-9-19/h10,15H,5-9H2,1-4H3,(H,16,17,18). The van der Waals surface area contributed by atoms with Crippen LogP contribution in [0.2, 0.25) is 0 Å². The van der Waals surface area contributed by atoms with Crippen molar-refractivity contribution in [3.63, 3.8) is 0 Å². The number of nitrogens with zero attached hydrogens (tertiary/aromatic N) is 3. The Hall–Kier alpha value is -1.36. The molecule has 1 aliphatic rings. The van der Waals surface area contributed by atoms with Gasteiger partial charge in [-0.3, -0.25) is 0 Å². The predicted molar refractivity (Wildman–Crippen MR) is 80.1 cm³/mol. The quantitative estimate of drug-likeness (QED) is 0.867. The van der Waals surface area contributed by atoms with E-state index in [-0.39, 0.29) is 0 Å². The van der Waals surface area contributed by atoms with Crippen molar-refractivity contribution in [1.29, 1.82) is 0 Å². The molecule has 0 radical (unpaired) electrons. The van der Waals surface area contributed by atoms with Crippen molar-refractivity contribution in [2.24, 2.45) is 0 Å². The lowest BCUT2D eigenvalue weighted by Crippen LogP contribution is -2.44. The molecule has 1 fully saturated rings. The molecular weight excluding hydrogens is 238 g/mol. The van der Waals surface area contributed by atoms with Crippen LogP contribution in [0.1, 0.15) is 38.1 Å². The van der Waals surface area contributed by atoms with Crippen LogP contribution >= 0.6 is 0 Å². The summed E-state index contributed by atoms with van der Waals surface area (Å²) < 4.78 is 0. The minimum atomic E-state index is 0.347. The normalized spacial score (nSPS) is 15.9. The van der Waals surface area contributed by atoms with E-state index in [4.69, 9.17) is 4.98 Å². The number of hydrogen-bond donors (Lipinski definition) is 2. The number of hydrogen-bond acceptors (Lipinski definition) is 5. The highest BCUT2D eigenvalue weighted by molar-refractivity contribution is 5.59. The fourth-order valence-corrected chi connectivity index (χ4v) is 2.30. The summed E-state index contributed by atoms with van der Waals surface area (Å²) in [5.41, 5.74) is 1.16. The number of piperazine rings is 1. The van der Waals surface area contributed by atoms with Crippen LogP contribution < -0.4 is 15.5 Å². The summed E-state index contributed by atoms with van der Waals surface area (Å²) in [4.78, 5) is 11.8. The summed E-state index contributed by atoms with van der Waals surface area (Å²) in [5.74, 6) is 3.35. The molecule has 0 unspecified atom stereocenters. The highest BCUT2D eigenvalue weighted by Crippen LogP contribution is 2.26. The number of nitrogens with one attached hydrogen (secondary N) is 2.